The molecule has 1 aromatic rings. The summed E-state index contributed by atoms with van der Waals surface area (Å²) in [4.78, 5) is 14.2. The van der Waals surface area contributed by atoms with Gasteiger partial charge in [-0.05, 0) is 24.6 Å². The van der Waals surface area contributed by atoms with E-state index in [4.69, 9.17) is 0 Å². The number of aryl methyl sites for hydroxylation is 1. The maximum absolute atomic E-state index is 11.9. The molecule has 1 atom stereocenters. The van der Waals surface area contributed by atoms with Crippen LogP contribution in [-0.2, 0) is 4.79 Å². The molecule has 4 heteroatoms. The Kier molecular flexibility index (Phi) is 2.32. The zero-order valence-corrected chi connectivity index (χ0v) is 10.0. The Balaban J connectivity index is 2.06. The van der Waals surface area contributed by atoms with E-state index in [9.17, 15) is 4.79 Å². The van der Waals surface area contributed by atoms with Crippen molar-refractivity contribution in [3.8, 4) is 0 Å². The summed E-state index contributed by atoms with van der Waals surface area (Å²) in [6.45, 7) is 3.02. The highest BCUT2D eigenvalue weighted by Crippen LogP contribution is 2.35. The first-order chi connectivity index (χ1) is 7.75. The molecule has 0 saturated carbocycles. The SMILES string of the molecule is Cc1ccc2c(c1)NC(=O)C1CSCCN21. The number of fused-ring (bicyclic) bond motifs is 3. The second-order valence-corrected chi connectivity index (χ2v) is 5.44. The summed E-state index contributed by atoms with van der Waals surface area (Å²) in [6.07, 6.45) is 0. The lowest BCUT2D eigenvalue weighted by Crippen LogP contribution is -2.52. The number of carbonyl (C=O) groups excluding carboxylic acids is 1. The molecule has 0 radical (unpaired) electrons. The van der Waals surface area contributed by atoms with Gasteiger partial charge < -0.3 is 10.2 Å². The van der Waals surface area contributed by atoms with Crippen molar-refractivity contribution in [1.29, 1.82) is 0 Å². The summed E-state index contributed by atoms with van der Waals surface area (Å²) < 4.78 is 0. The lowest BCUT2D eigenvalue weighted by molar-refractivity contribution is -0.117. The molecule has 2 aliphatic heterocycles. The smallest absolute Gasteiger partial charge is 0.247 e. The highest BCUT2D eigenvalue weighted by Gasteiger charge is 2.34. The molecule has 84 valence electrons. The topological polar surface area (TPSA) is 32.3 Å². The van der Waals surface area contributed by atoms with Gasteiger partial charge in [0.25, 0.3) is 0 Å². The molecule has 0 aromatic heterocycles. The third-order valence-electron chi connectivity index (χ3n) is 3.15. The molecule has 0 bridgehead atoms. The van der Waals surface area contributed by atoms with Crippen LogP contribution in [0.5, 0.6) is 0 Å². The fourth-order valence-electron chi connectivity index (χ4n) is 2.33. The number of carbonyl (C=O) groups is 1. The molecule has 1 aromatic carbocycles. The Labute approximate surface area is 99.2 Å². The monoisotopic (exact) mass is 234 g/mol. The van der Waals surface area contributed by atoms with Gasteiger partial charge in [0.2, 0.25) is 5.91 Å². The zero-order valence-electron chi connectivity index (χ0n) is 9.19. The predicted octanol–water partition coefficient (Wildman–Crippen LogP) is 1.87. The Morgan fingerprint density at radius 1 is 1.50 bits per heavy atom. The quantitative estimate of drug-likeness (QED) is 0.744. The first kappa shape index (κ1) is 10.0. The predicted molar refractivity (Wildman–Crippen MR) is 68.3 cm³/mol. The minimum absolute atomic E-state index is 0.0222. The van der Waals surface area contributed by atoms with Gasteiger partial charge in [0.1, 0.15) is 6.04 Å². The van der Waals surface area contributed by atoms with Crippen molar-refractivity contribution in [1.82, 2.24) is 0 Å². The van der Waals surface area contributed by atoms with Gasteiger partial charge in [-0.2, -0.15) is 11.8 Å². The first-order valence-electron chi connectivity index (χ1n) is 5.51. The molecule has 1 saturated heterocycles. The van der Waals surface area contributed by atoms with Crippen LogP contribution in [0.2, 0.25) is 0 Å². The number of anilines is 2. The molecule has 16 heavy (non-hydrogen) atoms. The van der Waals surface area contributed by atoms with Crippen LogP contribution in [0.25, 0.3) is 0 Å². The van der Waals surface area contributed by atoms with Crippen molar-refractivity contribution >= 4 is 29.0 Å². The Morgan fingerprint density at radius 2 is 2.38 bits per heavy atom. The fraction of sp³-hybridized carbons (Fsp3) is 0.417. The number of hydrogen-bond donors (Lipinski definition) is 1. The molecular formula is C12H14N2OS. The van der Waals surface area contributed by atoms with E-state index in [2.05, 4.69) is 22.3 Å². The van der Waals surface area contributed by atoms with E-state index in [1.165, 1.54) is 11.3 Å². The standard InChI is InChI=1S/C12H14N2OS/c1-8-2-3-10-9(6-8)13-12(15)11-7-16-5-4-14(10)11/h2-3,6,11H,4-5,7H2,1H3,(H,13,15). The first-order valence-corrected chi connectivity index (χ1v) is 6.67. The summed E-state index contributed by atoms with van der Waals surface area (Å²) in [6, 6.07) is 6.29. The number of nitrogens with zero attached hydrogens (tertiary/aromatic N) is 1. The minimum Gasteiger partial charge on any atom is -0.356 e. The third-order valence-corrected chi connectivity index (χ3v) is 4.17. The molecule has 0 spiro atoms. The van der Waals surface area contributed by atoms with Crippen molar-refractivity contribution in [2.24, 2.45) is 0 Å². The van der Waals surface area contributed by atoms with E-state index in [1.54, 1.807) is 0 Å². The van der Waals surface area contributed by atoms with Crippen molar-refractivity contribution in [2.75, 3.05) is 28.3 Å². The molecule has 1 unspecified atom stereocenters. The zero-order chi connectivity index (χ0) is 11.1. The summed E-state index contributed by atoms with van der Waals surface area (Å²) >= 11 is 1.86. The summed E-state index contributed by atoms with van der Waals surface area (Å²) in [5.41, 5.74) is 3.33. The number of hydrogen-bond acceptors (Lipinski definition) is 3. The van der Waals surface area contributed by atoms with Crippen LogP contribution in [-0.4, -0.2) is 30.0 Å². The van der Waals surface area contributed by atoms with E-state index in [0.29, 0.717) is 0 Å². The summed E-state index contributed by atoms with van der Waals surface area (Å²) in [7, 11) is 0. The summed E-state index contributed by atoms with van der Waals surface area (Å²) in [5, 5.41) is 3.01. The van der Waals surface area contributed by atoms with Crippen LogP contribution >= 0.6 is 11.8 Å². The number of amides is 1. The molecule has 1 N–H and O–H groups in total. The van der Waals surface area contributed by atoms with Crippen molar-refractivity contribution < 1.29 is 4.79 Å². The number of thioether (sulfide) groups is 1. The largest absolute Gasteiger partial charge is 0.356 e. The normalized spacial score (nSPS) is 23.4. The Morgan fingerprint density at radius 3 is 3.25 bits per heavy atom. The highest BCUT2D eigenvalue weighted by atomic mass is 32.2. The van der Waals surface area contributed by atoms with Gasteiger partial charge in [0.15, 0.2) is 0 Å². The van der Waals surface area contributed by atoms with Crippen molar-refractivity contribution in [3.05, 3.63) is 23.8 Å². The van der Waals surface area contributed by atoms with Gasteiger partial charge in [0.05, 0.1) is 11.4 Å². The average molecular weight is 234 g/mol. The van der Waals surface area contributed by atoms with E-state index in [-0.39, 0.29) is 11.9 Å². The number of benzene rings is 1. The van der Waals surface area contributed by atoms with Gasteiger partial charge in [-0.1, -0.05) is 6.07 Å². The Bertz CT molecular complexity index is 447. The van der Waals surface area contributed by atoms with Crippen LogP contribution in [0, 0.1) is 6.92 Å². The molecule has 3 nitrogen and oxygen atoms in total. The van der Waals surface area contributed by atoms with Gasteiger partial charge >= 0.3 is 0 Å². The van der Waals surface area contributed by atoms with Crippen LogP contribution in [0.15, 0.2) is 18.2 Å². The second-order valence-electron chi connectivity index (χ2n) is 4.29. The molecule has 1 amide bonds. The van der Waals surface area contributed by atoms with Crippen LogP contribution in [0.4, 0.5) is 11.4 Å². The lowest BCUT2D eigenvalue weighted by Gasteiger charge is -2.40. The maximum Gasteiger partial charge on any atom is 0.247 e. The number of nitrogens with one attached hydrogen (secondary N) is 1. The average Bonchev–Trinajstić information content (AvgIpc) is 2.29. The van der Waals surface area contributed by atoms with Crippen molar-refractivity contribution in [3.63, 3.8) is 0 Å². The van der Waals surface area contributed by atoms with Crippen LogP contribution in [0.1, 0.15) is 5.56 Å². The molecule has 0 aliphatic carbocycles. The minimum atomic E-state index is 0.0222. The van der Waals surface area contributed by atoms with E-state index in [0.717, 1.165) is 23.7 Å². The second kappa shape index (κ2) is 3.70. The van der Waals surface area contributed by atoms with Gasteiger partial charge in [-0.15, -0.1) is 0 Å². The van der Waals surface area contributed by atoms with Crippen molar-refractivity contribution in [2.45, 2.75) is 13.0 Å². The van der Waals surface area contributed by atoms with Crippen LogP contribution in [0.3, 0.4) is 0 Å². The molecular weight excluding hydrogens is 220 g/mol. The maximum atomic E-state index is 11.9. The third kappa shape index (κ3) is 1.48. The summed E-state index contributed by atoms with van der Waals surface area (Å²) in [5.74, 6) is 2.15. The highest BCUT2D eigenvalue weighted by molar-refractivity contribution is 7.99. The van der Waals surface area contributed by atoms with Gasteiger partial charge in [-0.25, -0.2) is 0 Å². The Hall–Kier alpha value is -1.16. The van der Waals surface area contributed by atoms with Gasteiger partial charge in [-0.3, -0.25) is 4.79 Å². The molecule has 2 heterocycles. The van der Waals surface area contributed by atoms with E-state index < -0.39 is 0 Å². The van der Waals surface area contributed by atoms with Gasteiger partial charge in [0, 0.05) is 18.1 Å². The van der Waals surface area contributed by atoms with Crippen LogP contribution < -0.4 is 10.2 Å². The molecule has 3 rings (SSSR count). The van der Waals surface area contributed by atoms with E-state index >= 15 is 0 Å². The van der Waals surface area contributed by atoms with E-state index in [1.807, 2.05) is 24.8 Å². The molecule has 2 aliphatic rings. The lowest BCUT2D eigenvalue weighted by atomic mass is 10.1. The molecule has 1 fully saturated rings. The fourth-order valence-corrected chi connectivity index (χ4v) is 3.37. The number of rotatable bonds is 0.